The molecule has 0 radical (unpaired) electrons. The summed E-state index contributed by atoms with van der Waals surface area (Å²) >= 11 is 0. The number of aromatic hydroxyl groups is 1. The van der Waals surface area contributed by atoms with Crippen LogP contribution < -0.4 is 4.74 Å². The first kappa shape index (κ1) is 13.5. The number of carbonyl (C=O) groups excluding carboxylic acids is 1. The number of aldehydes is 1. The van der Waals surface area contributed by atoms with E-state index in [1.165, 1.54) is 12.1 Å². The molecule has 4 heteroatoms. The van der Waals surface area contributed by atoms with Gasteiger partial charge in [-0.1, -0.05) is 6.42 Å². The lowest BCUT2D eigenvalue weighted by molar-refractivity contribution is 0.112. The molecule has 0 aliphatic carbocycles. The first-order valence-electron chi connectivity index (χ1n) is 5.80. The zero-order valence-electron chi connectivity index (χ0n) is 9.76. The predicted molar refractivity (Wildman–Crippen MR) is 64.5 cm³/mol. The molecule has 0 amide bonds. The van der Waals surface area contributed by atoms with Crippen molar-refractivity contribution < 1.29 is 19.7 Å². The molecule has 0 fully saturated rings. The molecule has 0 bridgehead atoms. The van der Waals surface area contributed by atoms with Crippen molar-refractivity contribution in [2.24, 2.45) is 0 Å². The van der Waals surface area contributed by atoms with E-state index in [1.807, 2.05) is 0 Å². The lowest BCUT2D eigenvalue weighted by Gasteiger charge is -2.07. The van der Waals surface area contributed by atoms with Gasteiger partial charge in [-0.25, -0.2) is 0 Å². The van der Waals surface area contributed by atoms with Crippen LogP contribution >= 0.6 is 0 Å². The highest BCUT2D eigenvalue weighted by atomic mass is 16.5. The number of ether oxygens (including phenoxy) is 1. The number of phenols is 1. The van der Waals surface area contributed by atoms with Crippen LogP contribution in [0.4, 0.5) is 0 Å². The van der Waals surface area contributed by atoms with Gasteiger partial charge in [0.2, 0.25) is 0 Å². The molecule has 94 valence electrons. The van der Waals surface area contributed by atoms with Crippen molar-refractivity contribution in [3.05, 3.63) is 23.8 Å². The summed E-state index contributed by atoms with van der Waals surface area (Å²) in [6.07, 6.45) is 4.35. The Morgan fingerprint density at radius 2 is 1.94 bits per heavy atom. The smallest absolute Gasteiger partial charge is 0.153 e. The molecular formula is C13H18O4. The van der Waals surface area contributed by atoms with Crippen molar-refractivity contribution in [2.75, 3.05) is 13.2 Å². The minimum Gasteiger partial charge on any atom is -0.507 e. The molecule has 0 unspecified atom stereocenters. The van der Waals surface area contributed by atoms with Crippen LogP contribution in [0.15, 0.2) is 18.2 Å². The summed E-state index contributed by atoms with van der Waals surface area (Å²) in [5.74, 6) is 0.507. The van der Waals surface area contributed by atoms with Gasteiger partial charge in [-0.05, 0) is 31.4 Å². The predicted octanol–water partition coefficient (Wildman–Crippen LogP) is 2.14. The van der Waals surface area contributed by atoms with Gasteiger partial charge in [0.15, 0.2) is 6.29 Å². The van der Waals surface area contributed by atoms with Gasteiger partial charge < -0.3 is 14.9 Å². The number of benzene rings is 1. The molecule has 4 nitrogen and oxygen atoms in total. The van der Waals surface area contributed by atoms with Crippen LogP contribution in [-0.4, -0.2) is 29.7 Å². The molecule has 0 aromatic heterocycles. The highest BCUT2D eigenvalue weighted by Gasteiger charge is 2.01. The van der Waals surface area contributed by atoms with Crippen molar-refractivity contribution >= 4 is 6.29 Å². The number of carbonyl (C=O) groups is 1. The summed E-state index contributed by atoms with van der Waals surface area (Å²) in [5, 5.41) is 18.0. The first-order chi connectivity index (χ1) is 8.27. The largest absolute Gasteiger partial charge is 0.507 e. The highest BCUT2D eigenvalue weighted by molar-refractivity contribution is 5.79. The van der Waals surface area contributed by atoms with E-state index in [0.29, 0.717) is 18.6 Å². The maximum absolute atomic E-state index is 10.5. The third-order valence-corrected chi connectivity index (χ3v) is 2.45. The average molecular weight is 238 g/mol. The van der Waals surface area contributed by atoms with Crippen LogP contribution in [-0.2, 0) is 0 Å². The van der Waals surface area contributed by atoms with E-state index in [0.717, 1.165) is 25.7 Å². The standard InChI is InChI=1S/C13H18O4/c14-7-3-1-2-4-8-17-12-6-5-11(10-15)13(16)9-12/h5-6,9-10,14,16H,1-4,7-8H2. The fourth-order valence-corrected chi connectivity index (χ4v) is 1.47. The summed E-state index contributed by atoms with van der Waals surface area (Å²) in [4.78, 5) is 10.5. The van der Waals surface area contributed by atoms with E-state index in [4.69, 9.17) is 9.84 Å². The molecule has 0 atom stereocenters. The Bertz CT molecular complexity index is 349. The summed E-state index contributed by atoms with van der Waals surface area (Å²) in [6, 6.07) is 4.64. The summed E-state index contributed by atoms with van der Waals surface area (Å²) in [7, 11) is 0. The molecule has 0 saturated heterocycles. The Labute approximate surface area is 101 Å². The molecular weight excluding hydrogens is 220 g/mol. The van der Waals surface area contributed by atoms with E-state index >= 15 is 0 Å². The average Bonchev–Trinajstić information content (AvgIpc) is 2.34. The minimum atomic E-state index is -0.0576. The van der Waals surface area contributed by atoms with Crippen molar-refractivity contribution in [1.29, 1.82) is 0 Å². The third-order valence-electron chi connectivity index (χ3n) is 2.45. The van der Waals surface area contributed by atoms with Gasteiger partial charge in [0.1, 0.15) is 11.5 Å². The number of aliphatic hydroxyl groups is 1. The number of unbranched alkanes of at least 4 members (excludes halogenated alkanes) is 3. The SMILES string of the molecule is O=Cc1ccc(OCCCCCCO)cc1O. The fourth-order valence-electron chi connectivity index (χ4n) is 1.47. The molecule has 0 saturated carbocycles. The summed E-state index contributed by atoms with van der Waals surface area (Å²) in [5.41, 5.74) is 0.264. The normalized spacial score (nSPS) is 10.2. The third kappa shape index (κ3) is 4.87. The Balaban J connectivity index is 2.27. The lowest BCUT2D eigenvalue weighted by atomic mass is 10.2. The van der Waals surface area contributed by atoms with Crippen molar-refractivity contribution in [3.8, 4) is 11.5 Å². The fraction of sp³-hybridized carbons (Fsp3) is 0.462. The van der Waals surface area contributed by atoms with E-state index in [1.54, 1.807) is 6.07 Å². The second-order valence-electron chi connectivity index (χ2n) is 3.82. The zero-order valence-corrected chi connectivity index (χ0v) is 9.76. The quantitative estimate of drug-likeness (QED) is 0.538. The molecule has 1 aromatic carbocycles. The van der Waals surface area contributed by atoms with Gasteiger partial charge in [-0.3, -0.25) is 4.79 Å². The van der Waals surface area contributed by atoms with Crippen molar-refractivity contribution in [2.45, 2.75) is 25.7 Å². The number of rotatable bonds is 8. The van der Waals surface area contributed by atoms with Crippen molar-refractivity contribution in [1.82, 2.24) is 0 Å². The second kappa shape index (κ2) is 7.68. The van der Waals surface area contributed by atoms with Gasteiger partial charge in [0, 0.05) is 12.7 Å². The molecule has 2 N–H and O–H groups in total. The van der Waals surface area contributed by atoms with Gasteiger partial charge in [0.05, 0.1) is 12.2 Å². The Kier molecular flexibility index (Phi) is 6.10. The topological polar surface area (TPSA) is 66.8 Å². The maximum Gasteiger partial charge on any atom is 0.153 e. The molecule has 0 aliphatic rings. The molecule has 17 heavy (non-hydrogen) atoms. The van der Waals surface area contributed by atoms with Crippen LogP contribution in [0.3, 0.4) is 0 Å². The summed E-state index contributed by atoms with van der Waals surface area (Å²) in [6.45, 7) is 0.813. The van der Waals surface area contributed by atoms with E-state index in [-0.39, 0.29) is 17.9 Å². The van der Waals surface area contributed by atoms with Crippen LogP contribution in [0, 0.1) is 0 Å². The molecule has 0 heterocycles. The maximum atomic E-state index is 10.5. The number of hydrogen-bond acceptors (Lipinski definition) is 4. The number of aliphatic hydroxyl groups excluding tert-OH is 1. The van der Waals surface area contributed by atoms with Gasteiger partial charge in [0.25, 0.3) is 0 Å². The number of hydrogen-bond donors (Lipinski definition) is 2. The van der Waals surface area contributed by atoms with E-state index in [2.05, 4.69) is 0 Å². The Morgan fingerprint density at radius 1 is 1.18 bits per heavy atom. The monoisotopic (exact) mass is 238 g/mol. The first-order valence-corrected chi connectivity index (χ1v) is 5.80. The summed E-state index contributed by atoms with van der Waals surface area (Å²) < 4.78 is 5.43. The Morgan fingerprint density at radius 3 is 2.59 bits per heavy atom. The van der Waals surface area contributed by atoms with Crippen LogP contribution in [0.5, 0.6) is 11.5 Å². The number of phenolic OH excluding ortho intramolecular Hbond substituents is 1. The highest BCUT2D eigenvalue weighted by Crippen LogP contribution is 2.22. The Hall–Kier alpha value is -1.55. The molecule has 0 aliphatic heterocycles. The van der Waals surface area contributed by atoms with Crippen LogP contribution in [0.25, 0.3) is 0 Å². The van der Waals surface area contributed by atoms with Gasteiger partial charge >= 0.3 is 0 Å². The molecule has 1 rings (SSSR count). The lowest BCUT2D eigenvalue weighted by Crippen LogP contribution is -1.98. The molecule has 0 spiro atoms. The second-order valence-corrected chi connectivity index (χ2v) is 3.82. The van der Waals surface area contributed by atoms with Gasteiger partial charge in [-0.2, -0.15) is 0 Å². The minimum absolute atomic E-state index is 0.0576. The van der Waals surface area contributed by atoms with Crippen molar-refractivity contribution in [3.63, 3.8) is 0 Å². The van der Waals surface area contributed by atoms with E-state index in [9.17, 15) is 9.90 Å². The van der Waals surface area contributed by atoms with E-state index < -0.39 is 0 Å². The zero-order chi connectivity index (χ0) is 12.5. The van der Waals surface area contributed by atoms with Gasteiger partial charge in [-0.15, -0.1) is 0 Å². The van der Waals surface area contributed by atoms with Crippen LogP contribution in [0.2, 0.25) is 0 Å². The molecule has 1 aromatic rings. The van der Waals surface area contributed by atoms with Crippen LogP contribution in [0.1, 0.15) is 36.0 Å².